The molecule has 0 aliphatic rings. The van der Waals surface area contributed by atoms with Crippen LogP contribution in [0.4, 0.5) is 5.13 Å². The van der Waals surface area contributed by atoms with Gasteiger partial charge in [-0.25, -0.2) is 9.97 Å². The van der Waals surface area contributed by atoms with E-state index >= 15 is 0 Å². The highest BCUT2D eigenvalue weighted by Gasteiger charge is 2.15. The molecule has 0 aliphatic carbocycles. The third-order valence-electron chi connectivity index (χ3n) is 4.68. The summed E-state index contributed by atoms with van der Waals surface area (Å²) in [4.78, 5) is 23.4. The predicted molar refractivity (Wildman–Crippen MR) is 140 cm³/mol. The minimum absolute atomic E-state index is 0.197. The molecule has 7 heteroatoms. The van der Waals surface area contributed by atoms with Gasteiger partial charge in [0.25, 0.3) is 5.91 Å². The molecular formula is C24H19BrIN3OS. The van der Waals surface area contributed by atoms with Gasteiger partial charge in [-0.05, 0) is 64.9 Å². The molecule has 0 atom stereocenters. The van der Waals surface area contributed by atoms with Crippen molar-refractivity contribution in [3.05, 3.63) is 85.3 Å². The van der Waals surface area contributed by atoms with E-state index in [4.69, 9.17) is 4.98 Å². The molecule has 0 bridgehead atoms. The van der Waals surface area contributed by atoms with Crippen molar-refractivity contribution in [2.24, 2.45) is 0 Å². The Hall–Kier alpha value is -2.10. The smallest absolute Gasteiger partial charge is 0.257 e. The molecule has 1 amide bonds. The second-order valence-electron chi connectivity index (χ2n) is 7.32. The third kappa shape index (κ3) is 5.39. The van der Waals surface area contributed by atoms with Crippen LogP contribution < -0.4 is 5.32 Å². The van der Waals surface area contributed by atoms with Crippen LogP contribution in [0.5, 0.6) is 0 Å². The first kappa shape index (κ1) is 22.1. The van der Waals surface area contributed by atoms with E-state index in [1.807, 2.05) is 66.9 Å². The summed E-state index contributed by atoms with van der Waals surface area (Å²) in [7, 11) is 0. The normalized spacial score (nSPS) is 11.0. The van der Waals surface area contributed by atoms with Crippen molar-refractivity contribution in [1.29, 1.82) is 0 Å². The van der Waals surface area contributed by atoms with Crippen molar-refractivity contribution < 1.29 is 4.79 Å². The van der Waals surface area contributed by atoms with Gasteiger partial charge in [0.05, 0.1) is 11.4 Å². The van der Waals surface area contributed by atoms with Gasteiger partial charge in [0.15, 0.2) is 5.13 Å². The molecule has 1 N–H and O–H groups in total. The zero-order chi connectivity index (χ0) is 22.0. The molecule has 0 saturated heterocycles. The second-order valence-corrected chi connectivity index (χ2v) is 10.5. The van der Waals surface area contributed by atoms with Crippen LogP contribution in [0.3, 0.4) is 0 Å². The van der Waals surface area contributed by atoms with Gasteiger partial charge >= 0.3 is 0 Å². The lowest BCUT2D eigenvalue weighted by atomic mass is 10.0. The van der Waals surface area contributed by atoms with Gasteiger partial charge in [-0.3, -0.25) is 10.1 Å². The Morgan fingerprint density at radius 2 is 1.58 bits per heavy atom. The SMILES string of the molecule is CC(C)c1cnc(NC(=O)c2cc(-c3ccc(Br)cc3)nc(-c3ccc(I)cc3)c2)s1. The standard InChI is InChI=1S/C24H19BrIN3OS/c1-14(2)22-13-27-24(31-22)29-23(30)17-11-20(15-3-7-18(25)8-4-15)28-21(12-17)16-5-9-19(26)10-6-16/h3-14H,1-2H3,(H,27,29,30). The molecule has 0 unspecified atom stereocenters. The van der Waals surface area contributed by atoms with Crippen LogP contribution in [-0.2, 0) is 0 Å². The fourth-order valence-corrected chi connectivity index (χ4v) is 4.42. The zero-order valence-corrected chi connectivity index (χ0v) is 21.5. The highest BCUT2D eigenvalue weighted by molar-refractivity contribution is 14.1. The zero-order valence-electron chi connectivity index (χ0n) is 16.9. The molecular weight excluding hydrogens is 585 g/mol. The number of carbonyl (C=O) groups is 1. The highest BCUT2D eigenvalue weighted by atomic mass is 127. The van der Waals surface area contributed by atoms with E-state index in [1.165, 1.54) is 11.3 Å². The molecule has 0 spiro atoms. The Kier molecular flexibility index (Phi) is 6.83. The van der Waals surface area contributed by atoms with Gasteiger partial charge in [-0.1, -0.05) is 54.0 Å². The minimum Gasteiger partial charge on any atom is -0.298 e. The summed E-state index contributed by atoms with van der Waals surface area (Å²) in [5, 5.41) is 3.54. The second kappa shape index (κ2) is 9.58. The maximum absolute atomic E-state index is 13.1. The number of amides is 1. The number of benzene rings is 2. The largest absolute Gasteiger partial charge is 0.298 e. The lowest BCUT2D eigenvalue weighted by Gasteiger charge is -2.10. The maximum atomic E-state index is 13.1. The van der Waals surface area contributed by atoms with Gasteiger partial charge in [0.2, 0.25) is 0 Å². The topological polar surface area (TPSA) is 54.9 Å². The summed E-state index contributed by atoms with van der Waals surface area (Å²) < 4.78 is 2.14. The molecule has 0 radical (unpaired) electrons. The fraction of sp³-hybridized carbons (Fsp3) is 0.125. The Morgan fingerprint density at radius 3 is 2.13 bits per heavy atom. The van der Waals surface area contributed by atoms with E-state index in [0.29, 0.717) is 16.6 Å². The Balaban J connectivity index is 1.73. The van der Waals surface area contributed by atoms with E-state index in [0.717, 1.165) is 35.4 Å². The van der Waals surface area contributed by atoms with Crippen molar-refractivity contribution in [1.82, 2.24) is 9.97 Å². The summed E-state index contributed by atoms with van der Waals surface area (Å²) in [6.07, 6.45) is 1.82. The molecule has 2 aromatic carbocycles. The molecule has 2 heterocycles. The molecule has 4 nitrogen and oxygen atoms in total. The van der Waals surface area contributed by atoms with Crippen LogP contribution in [0.2, 0.25) is 0 Å². The first-order valence-corrected chi connectivity index (χ1v) is 12.4. The van der Waals surface area contributed by atoms with E-state index in [2.05, 4.69) is 62.7 Å². The maximum Gasteiger partial charge on any atom is 0.257 e. The Labute approximate surface area is 207 Å². The summed E-state index contributed by atoms with van der Waals surface area (Å²) in [5.41, 5.74) is 3.95. The molecule has 156 valence electrons. The summed E-state index contributed by atoms with van der Waals surface area (Å²) in [6, 6.07) is 19.7. The van der Waals surface area contributed by atoms with Crippen molar-refractivity contribution in [2.75, 3.05) is 5.32 Å². The lowest BCUT2D eigenvalue weighted by molar-refractivity contribution is 0.102. The quantitative estimate of drug-likeness (QED) is 0.239. The number of hydrogen-bond acceptors (Lipinski definition) is 4. The minimum atomic E-state index is -0.197. The summed E-state index contributed by atoms with van der Waals surface area (Å²) in [6.45, 7) is 4.22. The number of anilines is 1. The van der Waals surface area contributed by atoms with Gasteiger partial charge in [-0.15, -0.1) is 11.3 Å². The fourth-order valence-electron chi connectivity index (χ4n) is 2.98. The number of carbonyl (C=O) groups excluding carboxylic acids is 1. The third-order valence-corrected chi connectivity index (χ3v) is 7.14. The lowest BCUT2D eigenvalue weighted by Crippen LogP contribution is -2.12. The van der Waals surface area contributed by atoms with Crippen molar-refractivity contribution in [2.45, 2.75) is 19.8 Å². The highest BCUT2D eigenvalue weighted by Crippen LogP contribution is 2.28. The van der Waals surface area contributed by atoms with Crippen molar-refractivity contribution in [3.63, 3.8) is 0 Å². The number of aromatic nitrogens is 2. The van der Waals surface area contributed by atoms with Gasteiger partial charge < -0.3 is 0 Å². The first-order valence-electron chi connectivity index (χ1n) is 9.70. The van der Waals surface area contributed by atoms with E-state index in [1.54, 1.807) is 0 Å². The molecule has 0 aliphatic heterocycles. The van der Waals surface area contributed by atoms with E-state index < -0.39 is 0 Å². The van der Waals surface area contributed by atoms with Crippen LogP contribution in [0.1, 0.15) is 35.0 Å². The number of thiazole rings is 1. The molecule has 4 rings (SSSR count). The first-order chi connectivity index (χ1) is 14.9. The molecule has 2 aromatic heterocycles. The van der Waals surface area contributed by atoms with Crippen molar-refractivity contribution >= 4 is 60.9 Å². The van der Waals surface area contributed by atoms with E-state index in [-0.39, 0.29) is 5.91 Å². The molecule has 0 saturated carbocycles. The van der Waals surface area contributed by atoms with Crippen LogP contribution >= 0.6 is 49.9 Å². The number of pyridine rings is 1. The predicted octanol–water partition coefficient (Wildman–Crippen LogP) is 7.61. The number of nitrogens with one attached hydrogen (secondary N) is 1. The van der Waals surface area contributed by atoms with Crippen LogP contribution in [-0.4, -0.2) is 15.9 Å². The Morgan fingerprint density at radius 1 is 1.00 bits per heavy atom. The number of halogens is 2. The van der Waals surface area contributed by atoms with Gasteiger partial charge in [0.1, 0.15) is 0 Å². The van der Waals surface area contributed by atoms with Crippen LogP contribution in [0, 0.1) is 3.57 Å². The molecule has 0 fully saturated rings. The van der Waals surface area contributed by atoms with E-state index in [9.17, 15) is 4.79 Å². The average Bonchev–Trinajstić information content (AvgIpc) is 3.23. The van der Waals surface area contributed by atoms with Crippen LogP contribution in [0.25, 0.3) is 22.5 Å². The average molecular weight is 604 g/mol. The number of rotatable bonds is 5. The number of hydrogen-bond donors (Lipinski definition) is 1. The summed E-state index contributed by atoms with van der Waals surface area (Å²) in [5.74, 6) is 0.178. The number of nitrogens with zero attached hydrogens (tertiary/aromatic N) is 2. The van der Waals surface area contributed by atoms with Crippen molar-refractivity contribution in [3.8, 4) is 22.5 Å². The Bertz CT molecular complexity index is 1160. The monoisotopic (exact) mass is 603 g/mol. The van der Waals surface area contributed by atoms with Crippen LogP contribution in [0.15, 0.2) is 71.3 Å². The van der Waals surface area contributed by atoms with Gasteiger partial charge in [0, 0.05) is 35.8 Å². The molecule has 4 aromatic rings. The van der Waals surface area contributed by atoms with Gasteiger partial charge in [-0.2, -0.15) is 0 Å². The summed E-state index contributed by atoms with van der Waals surface area (Å²) >= 11 is 7.25. The molecule has 31 heavy (non-hydrogen) atoms.